The highest BCUT2D eigenvalue weighted by Gasteiger charge is 1.86. The van der Waals surface area contributed by atoms with Gasteiger partial charge in [-0.3, -0.25) is 10.1 Å². The molecule has 0 radical (unpaired) electrons. The van der Waals surface area contributed by atoms with Crippen LogP contribution in [-0.4, -0.2) is 4.98 Å². The lowest BCUT2D eigenvalue weighted by molar-refractivity contribution is 1.27. The third-order valence-electron chi connectivity index (χ3n) is 0.999. The van der Waals surface area contributed by atoms with Crippen LogP contribution in [0.4, 0.5) is 0 Å². The quantitative estimate of drug-likeness (QED) is 0.627. The van der Waals surface area contributed by atoms with Crippen molar-refractivity contribution in [3.05, 3.63) is 30.1 Å². The minimum Gasteiger partial charge on any atom is -0.278 e. The summed E-state index contributed by atoms with van der Waals surface area (Å²) in [5.41, 5.74) is 1.22. The first-order chi connectivity index (χ1) is 4.43. The molecule has 0 bridgehead atoms. The molecule has 1 heterocycles. The second-order valence-electron chi connectivity index (χ2n) is 1.67. The smallest absolute Gasteiger partial charge is 0.0329 e. The number of nitrogens with two attached hydrogens (primary N) is 1. The Balaban J connectivity index is 2.61. The molecule has 0 saturated carbocycles. The molecule has 1 aromatic rings. The molecule has 0 aliphatic carbocycles. The van der Waals surface area contributed by atoms with Gasteiger partial charge in [0.05, 0.1) is 0 Å². The number of aromatic nitrogens is 1. The molecule has 0 spiro atoms. The van der Waals surface area contributed by atoms with Gasteiger partial charge >= 0.3 is 0 Å². The van der Waals surface area contributed by atoms with Gasteiger partial charge in [0.15, 0.2) is 0 Å². The van der Waals surface area contributed by atoms with E-state index in [1.54, 1.807) is 12.4 Å². The zero-order valence-electron chi connectivity index (χ0n) is 4.95. The molecule has 1 aromatic heterocycles. The summed E-state index contributed by atoms with van der Waals surface area (Å²) in [6, 6.07) is 3.92. The maximum atomic E-state index is 5.26. The molecule has 0 unspecified atom stereocenters. The Morgan fingerprint density at radius 3 is 2.67 bits per heavy atom. The van der Waals surface area contributed by atoms with Crippen molar-refractivity contribution in [2.75, 3.05) is 0 Å². The van der Waals surface area contributed by atoms with Crippen molar-refractivity contribution in [2.24, 2.45) is 5.14 Å². The Morgan fingerprint density at radius 2 is 2.11 bits per heavy atom. The van der Waals surface area contributed by atoms with Crippen LogP contribution in [0.3, 0.4) is 0 Å². The van der Waals surface area contributed by atoms with Gasteiger partial charge in [-0.25, -0.2) is 0 Å². The topological polar surface area (TPSA) is 38.9 Å². The molecule has 2 nitrogen and oxygen atoms in total. The number of nitrogens with zero attached hydrogens (tertiary/aromatic N) is 1. The van der Waals surface area contributed by atoms with Crippen molar-refractivity contribution in [3.8, 4) is 0 Å². The lowest BCUT2D eigenvalue weighted by atomic mass is 10.3. The molecule has 0 atom stereocenters. The Hall–Kier alpha value is -0.540. The van der Waals surface area contributed by atoms with E-state index < -0.39 is 0 Å². The number of hydrogen-bond donors (Lipinski definition) is 1. The van der Waals surface area contributed by atoms with E-state index >= 15 is 0 Å². The average Bonchev–Trinajstić information content (AvgIpc) is 1.91. The maximum absolute atomic E-state index is 5.26. The first kappa shape index (κ1) is 6.58. The number of rotatable bonds is 2. The van der Waals surface area contributed by atoms with Crippen molar-refractivity contribution in [2.45, 2.75) is 5.75 Å². The Morgan fingerprint density at radius 1 is 1.44 bits per heavy atom. The SMILES string of the molecule is NSCc1ccncc1. The van der Waals surface area contributed by atoms with Gasteiger partial charge in [-0.05, 0) is 17.7 Å². The molecule has 3 heteroatoms. The van der Waals surface area contributed by atoms with E-state index in [1.807, 2.05) is 12.1 Å². The molecule has 48 valence electrons. The molecule has 0 aliphatic heterocycles. The molecule has 9 heavy (non-hydrogen) atoms. The fraction of sp³-hybridized carbons (Fsp3) is 0.167. The predicted octanol–water partition coefficient (Wildman–Crippen LogP) is 1.19. The Labute approximate surface area is 58.6 Å². The predicted molar refractivity (Wildman–Crippen MR) is 39.7 cm³/mol. The molecule has 0 amide bonds. The van der Waals surface area contributed by atoms with Crippen LogP contribution in [0.1, 0.15) is 5.56 Å². The first-order valence-corrected chi connectivity index (χ1v) is 3.69. The number of hydrogen-bond acceptors (Lipinski definition) is 3. The fourth-order valence-electron chi connectivity index (χ4n) is 0.575. The highest BCUT2D eigenvalue weighted by atomic mass is 32.2. The van der Waals surface area contributed by atoms with Crippen molar-refractivity contribution in [1.82, 2.24) is 4.98 Å². The summed E-state index contributed by atoms with van der Waals surface area (Å²) in [5, 5.41) is 5.26. The van der Waals surface area contributed by atoms with Gasteiger partial charge < -0.3 is 0 Å². The summed E-state index contributed by atoms with van der Waals surface area (Å²) in [7, 11) is 0. The van der Waals surface area contributed by atoms with E-state index in [4.69, 9.17) is 5.14 Å². The average molecular weight is 140 g/mol. The highest BCUT2D eigenvalue weighted by Crippen LogP contribution is 2.03. The number of pyridine rings is 1. The standard InChI is InChI=1S/C6H8N2S/c7-9-5-6-1-3-8-4-2-6/h1-4H,5,7H2. The largest absolute Gasteiger partial charge is 0.278 e. The van der Waals surface area contributed by atoms with Gasteiger partial charge in [0.25, 0.3) is 0 Å². The zero-order valence-corrected chi connectivity index (χ0v) is 5.77. The molecule has 0 fully saturated rings. The van der Waals surface area contributed by atoms with E-state index in [1.165, 1.54) is 17.5 Å². The zero-order chi connectivity index (χ0) is 6.53. The highest BCUT2D eigenvalue weighted by molar-refractivity contribution is 7.96. The summed E-state index contributed by atoms with van der Waals surface area (Å²) in [5.74, 6) is 0.864. The van der Waals surface area contributed by atoms with Crippen LogP contribution in [0, 0.1) is 0 Å². The molecular weight excluding hydrogens is 132 g/mol. The minimum atomic E-state index is 0.864. The molecule has 2 N–H and O–H groups in total. The summed E-state index contributed by atoms with van der Waals surface area (Å²) in [4.78, 5) is 3.88. The summed E-state index contributed by atoms with van der Waals surface area (Å²) in [6.07, 6.45) is 3.54. The Kier molecular flexibility index (Phi) is 2.54. The van der Waals surface area contributed by atoms with E-state index in [-0.39, 0.29) is 0 Å². The minimum absolute atomic E-state index is 0.864. The summed E-state index contributed by atoms with van der Waals surface area (Å²) < 4.78 is 0. The summed E-state index contributed by atoms with van der Waals surface area (Å²) in [6.45, 7) is 0. The van der Waals surface area contributed by atoms with Crippen LogP contribution in [0.15, 0.2) is 24.5 Å². The lowest BCUT2D eigenvalue weighted by Crippen LogP contribution is -1.83. The van der Waals surface area contributed by atoms with Gasteiger partial charge in [0.2, 0.25) is 0 Å². The monoisotopic (exact) mass is 140 g/mol. The van der Waals surface area contributed by atoms with Gasteiger partial charge in [0.1, 0.15) is 0 Å². The van der Waals surface area contributed by atoms with Crippen LogP contribution in [0.25, 0.3) is 0 Å². The van der Waals surface area contributed by atoms with Gasteiger partial charge in [-0.15, -0.1) is 0 Å². The third kappa shape index (κ3) is 2.03. The molecule has 0 saturated heterocycles. The van der Waals surface area contributed by atoms with Crippen LogP contribution < -0.4 is 5.14 Å². The van der Waals surface area contributed by atoms with Crippen molar-refractivity contribution in [1.29, 1.82) is 0 Å². The van der Waals surface area contributed by atoms with E-state index in [0.717, 1.165) is 5.75 Å². The molecular formula is C6H8N2S. The van der Waals surface area contributed by atoms with Crippen molar-refractivity contribution < 1.29 is 0 Å². The van der Waals surface area contributed by atoms with Crippen molar-refractivity contribution in [3.63, 3.8) is 0 Å². The van der Waals surface area contributed by atoms with E-state index in [0.29, 0.717) is 0 Å². The van der Waals surface area contributed by atoms with Gasteiger partial charge in [-0.1, -0.05) is 11.9 Å². The lowest BCUT2D eigenvalue weighted by Gasteiger charge is -1.92. The van der Waals surface area contributed by atoms with Crippen LogP contribution in [0.2, 0.25) is 0 Å². The maximum Gasteiger partial charge on any atom is 0.0329 e. The Bertz CT molecular complexity index is 164. The first-order valence-electron chi connectivity index (χ1n) is 2.64. The van der Waals surface area contributed by atoms with Crippen LogP contribution >= 0.6 is 11.9 Å². The second-order valence-corrected chi connectivity index (χ2v) is 2.29. The second kappa shape index (κ2) is 3.48. The molecule has 0 aromatic carbocycles. The normalized spacial score (nSPS) is 9.44. The van der Waals surface area contributed by atoms with Gasteiger partial charge in [-0.2, -0.15) is 0 Å². The van der Waals surface area contributed by atoms with Gasteiger partial charge in [0, 0.05) is 18.1 Å². The molecule has 0 aliphatic rings. The van der Waals surface area contributed by atoms with Crippen LogP contribution in [-0.2, 0) is 5.75 Å². The van der Waals surface area contributed by atoms with E-state index in [9.17, 15) is 0 Å². The van der Waals surface area contributed by atoms with E-state index in [2.05, 4.69) is 4.98 Å². The fourth-order valence-corrected chi connectivity index (χ4v) is 0.960. The van der Waals surface area contributed by atoms with Crippen LogP contribution in [0.5, 0.6) is 0 Å². The third-order valence-corrected chi connectivity index (χ3v) is 1.50. The summed E-state index contributed by atoms with van der Waals surface area (Å²) >= 11 is 1.33. The van der Waals surface area contributed by atoms with Crippen molar-refractivity contribution >= 4 is 11.9 Å². The molecule has 1 rings (SSSR count).